The predicted octanol–water partition coefficient (Wildman–Crippen LogP) is 2.56. The molecule has 0 saturated heterocycles. The van der Waals surface area contributed by atoms with Crippen LogP contribution < -0.4 is 15.4 Å². The normalized spacial score (nSPS) is 11.6. The summed E-state index contributed by atoms with van der Waals surface area (Å²) in [6, 6.07) is 6.39. The van der Waals surface area contributed by atoms with Crippen molar-refractivity contribution in [2.75, 3.05) is 19.7 Å². The summed E-state index contributed by atoms with van der Waals surface area (Å²) < 4.78 is 18.2. The molecule has 112 valence electrons. The van der Waals surface area contributed by atoms with Crippen LogP contribution in [0.1, 0.15) is 27.2 Å². The highest BCUT2D eigenvalue weighted by molar-refractivity contribution is 5.79. The van der Waals surface area contributed by atoms with Gasteiger partial charge in [-0.1, -0.05) is 0 Å². The smallest absolute Gasteiger partial charge is 0.191 e. The molecule has 0 unspecified atom stereocenters. The largest absolute Gasteiger partial charge is 0.494 e. The van der Waals surface area contributed by atoms with E-state index in [2.05, 4.69) is 29.5 Å². The van der Waals surface area contributed by atoms with Crippen LogP contribution >= 0.6 is 0 Å². The fourth-order valence-corrected chi connectivity index (χ4v) is 1.57. The molecule has 0 fully saturated rings. The summed E-state index contributed by atoms with van der Waals surface area (Å²) in [5.74, 6) is 1.25. The number of hydrogen-bond acceptors (Lipinski definition) is 2. The third-order valence-corrected chi connectivity index (χ3v) is 2.42. The molecule has 0 saturated carbocycles. The van der Waals surface area contributed by atoms with Gasteiger partial charge in [0.05, 0.1) is 6.61 Å². The number of rotatable bonds is 7. The second-order valence-corrected chi connectivity index (χ2v) is 4.72. The van der Waals surface area contributed by atoms with Crippen LogP contribution in [0.4, 0.5) is 4.39 Å². The maximum atomic E-state index is 12.7. The lowest BCUT2D eigenvalue weighted by atomic mass is 10.3. The molecule has 0 bridgehead atoms. The van der Waals surface area contributed by atoms with E-state index in [1.165, 1.54) is 12.1 Å². The summed E-state index contributed by atoms with van der Waals surface area (Å²) in [4.78, 5) is 4.45. The summed E-state index contributed by atoms with van der Waals surface area (Å²) >= 11 is 0. The highest BCUT2D eigenvalue weighted by Gasteiger charge is 1.99. The van der Waals surface area contributed by atoms with Gasteiger partial charge in [-0.15, -0.1) is 0 Å². The molecule has 4 nitrogen and oxygen atoms in total. The van der Waals surface area contributed by atoms with Gasteiger partial charge in [0.15, 0.2) is 5.96 Å². The Balaban J connectivity index is 2.26. The molecule has 0 radical (unpaired) electrons. The molecular weight excluding hydrogens is 257 g/mol. The average Bonchev–Trinajstić information content (AvgIpc) is 2.40. The molecule has 5 heteroatoms. The van der Waals surface area contributed by atoms with Crippen LogP contribution in [0.15, 0.2) is 29.3 Å². The summed E-state index contributed by atoms with van der Waals surface area (Å²) in [6.45, 7) is 8.27. The molecule has 0 heterocycles. The first-order valence-corrected chi connectivity index (χ1v) is 7.05. The van der Waals surface area contributed by atoms with Gasteiger partial charge in [-0.2, -0.15) is 0 Å². The fourth-order valence-electron chi connectivity index (χ4n) is 1.57. The topological polar surface area (TPSA) is 45.7 Å². The van der Waals surface area contributed by atoms with E-state index in [9.17, 15) is 4.39 Å². The van der Waals surface area contributed by atoms with Crippen molar-refractivity contribution in [3.05, 3.63) is 30.1 Å². The van der Waals surface area contributed by atoms with Gasteiger partial charge in [0.25, 0.3) is 0 Å². The summed E-state index contributed by atoms with van der Waals surface area (Å²) in [6.07, 6.45) is 0.812. The van der Waals surface area contributed by atoms with Crippen molar-refractivity contribution in [1.29, 1.82) is 0 Å². The van der Waals surface area contributed by atoms with Crippen molar-refractivity contribution < 1.29 is 9.13 Å². The molecule has 0 aliphatic heterocycles. The minimum atomic E-state index is -0.253. The second kappa shape index (κ2) is 9.18. The van der Waals surface area contributed by atoms with Gasteiger partial charge in [-0.25, -0.2) is 4.39 Å². The van der Waals surface area contributed by atoms with Crippen LogP contribution in [0.25, 0.3) is 0 Å². The van der Waals surface area contributed by atoms with Crippen LogP contribution in [0.5, 0.6) is 5.75 Å². The van der Waals surface area contributed by atoms with Gasteiger partial charge in [0, 0.05) is 25.6 Å². The van der Waals surface area contributed by atoms with Gasteiger partial charge < -0.3 is 15.4 Å². The number of halogens is 1. The maximum Gasteiger partial charge on any atom is 0.191 e. The van der Waals surface area contributed by atoms with E-state index < -0.39 is 0 Å². The third kappa shape index (κ3) is 6.97. The Kier molecular flexibility index (Phi) is 7.47. The minimum Gasteiger partial charge on any atom is -0.494 e. The number of aliphatic imine (C=N–C) groups is 1. The lowest BCUT2D eigenvalue weighted by Gasteiger charge is -2.13. The molecule has 1 rings (SSSR count). The van der Waals surface area contributed by atoms with Gasteiger partial charge in [-0.3, -0.25) is 4.99 Å². The van der Waals surface area contributed by atoms with E-state index in [4.69, 9.17) is 4.74 Å². The van der Waals surface area contributed by atoms with Crippen molar-refractivity contribution in [1.82, 2.24) is 10.6 Å². The summed E-state index contributed by atoms with van der Waals surface area (Å²) in [7, 11) is 0. The highest BCUT2D eigenvalue weighted by atomic mass is 19.1. The first-order chi connectivity index (χ1) is 9.61. The monoisotopic (exact) mass is 281 g/mol. The molecule has 0 amide bonds. The molecule has 0 atom stereocenters. The van der Waals surface area contributed by atoms with Gasteiger partial charge >= 0.3 is 0 Å². The number of benzene rings is 1. The van der Waals surface area contributed by atoms with Gasteiger partial charge in [-0.05, 0) is 45.0 Å². The number of nitrogens with zero attached hydrogens (tertiary/aromatic N) is 1. The molecule has 20 heavy (non-hydrogen) atoms. The van der Waals surface area contributed by atoms with E-state index in [0.29, 0.717) is 24.9 Å². The number of nitrogens with one attached hydrogen (secondary N) is 2. The van der Waals surface area contributed by atoms with Crippen molar-refractivity contribution in [2.24, 2.45) is 4.99 Å². The van der Waals surface area contributed by atoms with Crippen LogP contribution in [0, 0.1) is 5.82 Å². The van der Waals surface area contributed by atoms with E-state index in [1.807, 2.05) is 6.92 Å². The first-order valence-electron chi connectivity index (χ1n) is 7.05. The molecule has 2 N–H and O–H groups in total. The van der Waals surface area contributed by atoms with Crippen molar-refractivity contribution >= 4 is 5.96 Å². The number of ether oxygens (including phenoxy) is 1. The van der Waals surface area contributed by atoms with Crippen LogP contribution in [0.2, 0.25) is 0 Å². The van der Waals surface area contributed by atoms with E-state index >= 15 is 0 Å². The Morgan fingerprint density at radius 2 is 2.00 bits per heavy atom. The molecule has 1 aromatic carbocycles. The van der Waals surface area contributed by atoms with Gasteiger partial charge in [0.2, 0.25) is 0 Å². The van der Waals surface area contributed by atoms with Crippen LogP contribution in [-0.4, -0.2) is 31.7 Å². The maximum absolute atomic E-state index is 12.7. The van der Waals surface area contributed by atoms with Crippen molar-refractivity contribution in [3.8, 4) is 5.75 Å². The van der Waals surface area contributed by atoms with Crippen molar-refractivity contribution in [3.63, 3.8) is 0 Å². The molecule has 0 aliphatic carbocycles. The zero-order valence-corrected chi connectivity index (χ0v) is 12.4. The van der Waals surface area contributed by atoms with Gasteiger partial charge in [0.1, 0.15) is 11.6 Å². The van der Waals surface area contributed by atoms with Crippen molar-refractivity contribution in [2.45, 2.75) is 33.2 Å². The number of hydrogen-bond donors (Lipinski definition) is 2. The summed E-state index contributed by atoms with van der Waals surface area (Å²) in [5.41, 5.74) is 0. The Morgan fingerprint density at radius 3 is 2.60 bits per heavy atom. The third-order valence-electron chi connectivity index (χ3n) is 2.42. The minimum absolute atomic E-state index is 0.253. The standard InChI is InChI=1S/C15H24FN3O/c1-4-17-15(19-12(2)3)18-10-5-11-20-14-8-6-13(16)7-9-14/h6-9,12H,4-5,10-11H2,1-3H3,(H2,17,18,19). The predicted molar refractivity (Wildman–Crippen MR) is 80.8 cm³/mol. The number of guanidine groups is 1. The second-order valence-electron chi connectivity index (χ2n) is 4.72. The molecule has 0 spiro atoms. The Hall–Kier alpha value is -1.78. The Morgan fingerprint density at radius 1 is 1.30 bits per heavy atom. The lowest BCUT2D eigenvalue weighted by Crippen LogP contribution is -2.41. The highest BCUT2D eigenvalue weighted by Crippen LogP contribution is 2.10. The van der Waals surface area contributed by atoms with E-state index in [-0.39, 0.29) is 5.82 Å². The molecule has 0 aliphatic rings. The Bertz CT molecular complexity index is 404. The average molecular weight is 281 g/mol. The lowest BCUT2D eigenvalue weighted by molar-refractivity contribution is 0.313. The first kappa shape index (κ1) is 16.3. The van der Waals surface area contributed by atoms with E-state index in [0.717, 1.165) is 18.9 Å². The van der Waals surface area contributed by atoms with E-state index in [1.54, 1.807) is 12.1 Å². The molecule has 0 aromatic heterocycles. The quantitative estimate of drug-likeness (QED) is 0.459. The van der Waals surface area contributed by atoms with Crippen LogP contribution in [0.3, 0.4) is 0 Å². The zero-order valence-electron chi connectivity index (χ0n) is 12.4. The summed E-state index contributed by atoms with van der Waals surface area (Å²) in [5, 5.41) is 6.44. The Labute approximate surface area is 120 Å². The SMILES string of the molecule is CCNC(=NCCCOc1ccc(F)cc1)NC(C)C. The zero-order chi connectivity index (χ0) is 14.8. The van der Waals surface area contributed by atoms with Crippen LogP contribution in [-0.2, 0) is 0 Å². The molecule has 1 aromatic rings. The molecular formula is C15H24FN3O. The fraction of sp³-hybridized carbons (Fsp3) is 0.533.